The van der Waals surface area contributed by atoms with E-state index in [2.05, 4.69) is 20.0 Å². The van der Waals surface area contributed by atoms with Gasteiger partial charge in [-0.2, -0.15) is 0 Å². The minimum atomic E-state index is -0.619. The standard InChI is InChI=1S/C9H11FO2.3CO.Cr/c1-11-9(12-2)7-5-3-4-6-8(7)10;3*1-2;/h3-6,9H,1-2H3;;;;. The van der Waals surface area contributed by atoms with Crippen molar-refractivity contribution in [1.29, 1.82) is 0 Å². The molecule has 0 spiro atoms. The van der Waals surface area contributed by atoms with E-state index in [1.54, 1.807) is 18.2 Å². The molecule has 1 rings (SSSR count). The Labute approximate surface area is 122 Å². The molecule has 0 amide bonds. The van der Waals surface area contributed by atoms with Crippen LogP contribution in [0.4, 0.5) is 4.39 Å². The van der Waals surface area contributed by atoms with Crippen molar-refractivity contribution < 1.29 is 45.2 Å². The van der Waals surface area contributed by atoms with E-state index < -0.39 is 6.29 Å². The van der Waals surface area contributed by atoms with Crippen LogP contribution in [-0.4, -0.2) is 14.2 Å². The summed E-state index contributed by atoms with van der Waals surface area (Å²) in [6, 6.07) is 6.37. The van der Waals surface area contributed by atoms with Crippen LogP contribution in [-0.2, 0) is 40.8 Å². The minimum Gasteiger partial charge on any atom is 0 e. The molecule has 1 aromatic rings. The fourth-order valence-corrected chi connectivity index (χ4v) is 1.02. The fourth-order valence-electron chi connectivity index (χ4n) is 1.02. The largest absolute Gasteiger partial charge is 0 e. The van der Waals surface area contributed by atoms with Gasteiger partial charge < -0.3 is 9.47 Å². The number of methoxy groups -OCH3 is 2. The van der Waals surface area contributed by atoms with Gasteiger partial charge in [-0.3, -0.25) is 0 Å². The quantitative estimate of drug-likeness (QED) is 0.486. The first-order valence-corrected chi connectivity index (χ1v) is 4.21. The second-order valence-electron chi connectivity index (χ2n) is 2.32. The molecule has 5 nitrogen and oxygen atoms in total. The normalized spacial score (nSPS) is 7.05. The molecule has 0 radical (unpaired) electrons. The van der Waals surface area contributed by atoms with Crippen LogP contribution >= 0.6 is 0 Å². The molecular formula is C12H11CrFO5. The van der Waals surface area contributed by atoms with Crippen molar-refractivity contribution in [2.24, 2.45) is 0 Å². The molecule has 0 saturated carbocycles. The van der Waals surface area contributed by atoms with Crippen molar-refractivity contribution in [3.8, 4) is 0 Å². The van der Waals surface area contributed by atoms with Crippen LogP contribution in [0.2, 0.25) is 0 Å². The van der Waals surface area contributed by atoms with Gasteiger partial charge in [0.15, 0.2) is 6.29 Å². The smallest absolute Gasteiger partial charge is 0 e. The summed E-state index contributed by atoms with van der Waals surface area (Å²) in [5, 5.41) is 0. The molecule has 0 aliphatic rings. The zero-order valence-electron chi connectivity index (χ0n) is 10.2. The maximum atomic E-state index is 13.1. The Balaban J connectivity index is -0.000000142. The molecule has 19 heavy (non-hydrogen) atoms. The van der Waals surface area contributed by atoms with Gasteiger partial charge in [0.1, 0.15) is 5.82 Å². The molecular weight excluding hydrogens is 295 g/mol. The monoisotopic (exact) mass is 306 g/mol. The van der Waals surface area contributed by atoms with Gasteiger partial charge in [-0.1, -0.05) is 18.2 Å². The summed E-state index contributed by atoms with van der Waals surface area (Å²) in [6.45, 7) is 13.5. The van der Waals surface area contributed by atoms with Gasteiger partial charge in [-0.15, -0.1) is 0 Å². The maximum absolute atomic E-state index is 13.1. The summed E-state index contributed by atoms with van der Waals surface area (Å²) in [7, 11) is 2.95. The first-order chi connectivity index (χ1) is 8.79. The van der Waals surface area contributed by atoms with E-state index >= 15 is 0 Å². The van der Waals surface area contributed by atoms with Crippen molar-refractivity contribution in [2.75, 3.05) is 14.2 Å². The second kappa shape index (κ2) is 22.0. The summed E-state index contributed by atoms with van der Waals surface area (Å²) in [4.78, 5) is 0. The third-order valence-electron chi connectivity index (χ3n) is 1.59. The Bertz CT molecular complexity index is 346. The Kier molecular flexibility index (Phi) is 30.6. The SMILES string of the molecule is COC(OC)c1ccccc1F.[C-]#[O+].[C-]#[O+].[C-]#[O+].[Cr]. The van der Waals surface area contributed by atoms with Gasteiger partial charge in [0.25, 0.3) is 0 Å². The molecule has 7 heteroatoms. The van der Waals surface area contributed by atoms with Crippen LogP contribution in [0.5, 0.6) is 0 Å². The Hall–Kier alpha value is -1.18. The van der Waals surface area contributed by atoms with E-state index in [-0.39, 0.29) is 23.2 Å². The molecule has 0 saturated heterocycles. The van der Waals surface area contributed by atoms with E-state index in [1.807, 2.05) is 0 Å². The molecule has 0 bridgehead atoms. The van der Waals surface area contributed by atoms with Gasteiger partial charge >= 0.3 is 33.9 Å². The third-order valence-corrected chi connectivity index (χ3v) is 1.59. The van der Waals surface area contributed by atoms with Crippen molar-refractivity contribution in [3.05, 3.63) is 55.6 Å². The average Bonchev–Trinajstić information content (AvgIpc) is 2.48. The van der Waals surface area contributed by atoms with Crippen LogP contribution in [0, 0.1) is 25.8 Å². The molecule has 0 atom stereocenters. The van der Waals surface area contributed by atoms with Gasteiger partial charge in [-0.05, 0) is 6.07 Å². The molecule has 102 valence electrons. The first-order valence-electron chi connectivity index (χ1n) is 4.21. The molecule has 0 aliphatic carbocycles. The van der Waals surface area contributed by atoms with Crippen LogP contribution in [0.3, 0.4) is 0 Å². The van der Waals surface area contributed by atoms with Gasteiger partial charge in [0.05, 0.1) is 0 Å². The Morgan fingerprint density at radius 3 is 1.63 bits per heavy atom. The van der Waals surface area contributed by atoms with E-state index in [0.29, 0.717) is 5.56 Å². The van der Waals surface area contributed by atoms with Crippen molar-refractivity contribution in [2.45, 2.75) is 6.29 Å². The number of rotatable bonds is 3. The third kappa shape index (κ3) is 11.6. The minimum absolute atomic E-state index is 0. The zero-order valence-corrected chi connectivity index (χ0v) is 11.5. The van der Waals surface area contributed by atoms with Crippen LogP contribution in [0.15, 0.2) is 24.3 Å². The summed E-state index contributed by atoms with van der Waals surface area (Å²) < 4.78 is 45.4. The number of hydrogen-bond acceptors (Lipinski definition) is 2. The number of halogens is 1. The Morgan fingerprint density at radius 2 is 1.32 bits per heavy atom. The maximum Gasteiger partial charge on any atom is 0 e. The Morgan fingerprint density at radius 1 is 0.947 bits per heavy atom. The molecule has 0 aromatic heterocycles. The average molecular weight is 306 g/mol. The second-order valence-corrected chi connectivity index (χ2v) is 2.32. The van der Waals surface area contributed by atoms with E-state index in [0.717, 1.165) is 0 Å². The van der Waals surface area contributed by atoms with Gasteiger partial charge in [-0.25, -0.2) is 4.39 Å². The van der Waals surface area contributed by atoms with Crippen LogP contribution in [0.1, 0.15) is 11.9 Å². The predicted octanol–water partition coefficient (Wildman–Crippen LogP) is 2.00. The summed E-state index contributed by atoms with van der Waals surface area (Å²) in [5.41, 5.74) is 0.419. The van der Waals surface area contributed by atoms with Crippen molar-refractivity contribution in [1.82, 2.24) is 0 Å². The summed E-state index contributed by atoms with van der Waals surface area (Å²) >= 11 is 0. The molecule has 0 aliphatic heterocycles. The predicted molar refractivity (Wildman–Crippen MR) is 54.9 cm³/mol. The van der Waals surface area contributed by atoms with E-state index in [4.69, 9.17) is 23.4 Å². The van der Waals surface area contributed by atoms with Crippen LogP contribution in [0.25, 0.3) is 0 Å². The molecule has 0 fully saturated rings. The summed E-state index contributed by atoms with van der Waals surface area (Å²) in [5.74, 6) is -0.314. The molecule has 0 heterocycles. The van der Waals surface area contributed by atoms with E-state index in [1.165, 1.54) is 20.3 Å². The number of hydrogen-bond donors (Lipinski definition) is 0. The number of ether oxygens (including phenoxy) is 2. The molecule has 1 aromatic carbocycles. The van der Waals surface area contributed by atoms with E-state index in [9.17, 15) is 4.39 Å². The van der Waals surface area contributed by atoms with Gasteiger partial charge in [0.2, 0.25) is 0 Å². The van der Waals surface area contributed by atoms with Crippen LogP contribution < -0.4 is 0 Å². The van der Waals surface area contributed by atoms with Crippen molar-refractivity contribution >= 4 is 0 Å². The molecule has 0 N–H and O–H groups in total. The topological polar surface area (TPSA) is 78.2 Å². The zero-order chi connectivity index (χ0) is 15.0. The fraction of sp³-hybridized carbons (Fsp3) is 0.250. The summed E-state index contributed by atoms with van der Waals surface area (Å²) in [6.07, 6.45) is -0.619. The van der Waals surface area contributed by atoms with Crippen molar-refractivity contribution in [3.63, 3.8) is 0 Å². The van der Waals surface area contributed by atoms with Gasteiger partial charge in [0, 0.05) is 37.1 Å². The number of benzene rings is 1. The first kappa shape index (κ1) is 26.4. The molecule has 0 unspecified atom stereocenters.